The molecule has 3 rings (SSSR count). The molecule has 0 saturated carbocycles. The second-order valence-corrected chi connectivity index (χ2v) is 7.20. The zero-order valence-electron chi connectivity index (χ0n) is 13.0. The Balaban J connectivity index is 1.68. The summed E-state index contributed by atoms with van der Waals surface area (Å²) in [4.78, 5) is 0.240. The minimum absolute atomic E-state index is 0.240. The first-order chi connectivity index (χ1) is 11.1. The van der Waals surface area contributed by atoms with Crippen molar-refractivity contribution >= 4 is 10.0 Å². The molecule has 1 aliphatic rings. The fourth-order valence-corrected chi connectivity index (χ4v) is 3.62. The first kappa shape index (κ1) is 16.0. The number of nitrogens with one attached hydrogen (secondary N) is 2. The predicted octanol–water partition coefficient (Wildman–Crippen LogP) is 2.17. The van der Waals surface area contributed by atoms with E-state index >= 15 is 0 Å². The molecule has 2 aromatic rings. The molecule has 0 spiro atoms. The van der Waals surface area contributed by atoms with Crippen molar-refractivity contribution in [1.82, 2.24) is 10.0 Å². The van der Waals surface area contributed by atoms with E-state index in [9.17, 15) is 8.42 Å². The SMILES string of the molecule is CCOc1ccc(S(=O)(=O)NCc2ccc3c(c2)CNC3)cc1. The molecule has 0 atom stereocenters. The van der Waals surface area contributed by atoms with Crippen LogP contribution < -0.4 is 14.8 Å². The van der Waals surface area contributed by atoms with Gasteiger partial charge in [0.05, 0.1) is 11.5 Å². The maximum absolute atomic E-state index is 12.3. The van der Waals surface area contributed by atoms with Crippen LogP contribution in [0.5, 0.6) is 5.75 Å². The number of sulfonamides is 1. The lowest BCUT2D eigenvalue weighted by Gasteiger charge is -2.09. The number of hydrogen-bond donors (Lipinski definition) is 2. The molecule has 5 nitrogen and oxygen atoms in total. The number of hydrogen-bond acceptors (Lipinski definition) is 4. The standard InChI is InChI=1S/C17H20N2O3S/c1-2-22-16-5-7-17(8-6-16)23(20,21)19-10-13-3-4-14-11-18-12-15(14)9-13/h3-9,18-19H,2,10-12H2,1H3. The van der Waals surface area contributed by atoms with Crippen molar-refractivity contribution in [2.75, 3.05) is 6.61 Å². The highest BCUT2D eigenvalue weighted by Gasteiger charge is 2.15. The van der Waals surface area contributed by atoms with Crippen molar-refractivity contribution in [3.8, 4) is 5.75 Å². The summed E-state index contributed by atoms with van der Waals surface area (Å²) in [6.45, 7) is 4.45. The van der Waals surface area contributed by atoms with Crippen LogP contribution in [-0.4, -0.2) is 15.0 Å². The largest absolute Gasteiger partial charge is 0.494 e. The van der Waals surface area contributed by atoms with Gasteiger partial charge in [-0.3, -0.25) is 0 Å². The van der Waals surface area contributed by atoms with Crippen LogP contribution >= 0.6 is 0 Å². The highest BCUT2D eigenvalue weighted by Crippen LogP contribution is 2.19. The van der Waals surface area contributed by atoms with Crippen LogP contribution in [0.4, 0.5) is 0 Å². The van der Waals surface area contributed by atoms with Gasteiger partial charge in [0.25, 0.3) is 0 Å². The summed E-state index contributed by atoms with van der Waals surface area (Å²) in [5, 5.41) is 3.28. The van der Waals surface area contributed by atoms with Gasteiger partial charge in [0.2, 0.25) is 10.0 Å². The lowest BCUT2D eigenvalue weighted by Crippen LogP contribution is -2.23. The summed E-state index contributed by atoms with van der Waals surface area (Å²) >= 11 is 0. The summed E-state index contributed by atoms with van der Waals surface area (Å²) < 4.78 is 32.7. The molecular formula is C17H20N2O3S. The van der Waals surface area contributed by atoms with Gasteiger partial charge in [-0.25, -0.2) is 13.1 Å². The predicted molar refractivity (Wildman–Crippen MR) is 88.6 cm³/mol. The average molecular weight is 332 g/mol. The zero-order chi connectivity index (χ0) is 16.3. The summed E-state index contributed by atoms with van der Waals surface area (Å²) in [5.41, 5.74) is 3.48. The number of ether oxygens (including phenoxy) is 1. The second-order valence-electron chi connectivity index (χ2n) is 5.44. The summed E-state index contributed by atoms with van der Waals surface area (Å²) in [5.74, 6) is 0.664. The molecule has 23 heavy (non-hydrogen) atoms. The lowest BCUT2D eigenvalue weighted by molar-refractivity contribution is 0.340. The van der Waals surface area contributed by atoms with Crippen molar-refractivity contribution in [3.05, 3.63) is 59.2 Å². The Morgan fingerprint density at radius 3 is 2.57 bits per heavy atom. The Labute approximate surface area is 136 Å². The van der Waals surface area contributed by atoms with Crippen LogP contribution in [0, 0.1) is 0 Å². The molecule has 0 radical (unpaired) electrons. The maximum Gasteiger partial charge on any atom is 0.240 e. The van der Waals surface area contributed by atoms with Crippen LogP contribution in [0.2, 0.25) is 0 Å². The molecule has 0 amide bonds. The smallest absolute Gasteiger partial charge is 0.240 e. The van der Waals surface area contributed by atoms with Gasteiger partial charge in [0.15, 0.2) is 0 Å². The summed E-state index contributed by atoms with van der Waals surface area (Å²) in [7, 11) is -3.53. The van der Waals surface area contributed by atoms with E-state index in [1.165, 1.54) is 11.1 Å². The lowest BCUT2D eigenvalue weighted by atomic mass is 10.1. The van der Waals surface area contributed by atoms with E-state index in [0.717, 1.165) is 18.7 Å². The molecule has 1 heterocycles. The Hall–Kier alpha value is -1.89. The first-order valence-corrected chi connectivity index (χ1v) is 9.11. The maximum atomic E-state index is 12.3. The molecule has 1 aliphatic heterocycles. The molecule has 2 N–H and O–H groups in total. The minimum atomic E-state index is -3.53. The third-order valence-electron chi connectivity index (χ3n) is 3.81. The monoisotopic (exact) mass is 332 g/mol. The molecule has 0 bridgehead atoms. The van der Waals surface area contributed by atoms with Gasteiger partial charge in [-0.2, -0.15) is 0 Å². The summed E-state index contributed by atoms with van der Waals surface area (Å²) in [6, 6.07) is 12.5. The zero-order valence-corrected chi connectivity index (χ0v) is 13.8. The van der Waals surface area contributed by atoms with Crippen LogP contribution in [-0.2, 0) is 29.7 Å². The minimum Gasteiger partial charge on any atom is -0.494 e. The molecule has 2 aromatic carbocycles. The van der Waals surface area contributed by atoms with E-state index in [0.29, 0.717) is 12.4 Å². The van der Waals surface area contributed by atoms with Crippen molar-refractivity contribution in [2.45, 2.75) is 31.5 Å². The normalized spacial score (nSPS) is 13.8. The van der Waals surface area contributed by atoms with Crippen LogP contribution in [0.3, 0.4) is 0 Å². The number of benzene rings is 2. The fraction of sp³-hybridized carbons (Fsp3) is 0.294. The Morgan fingerprint density at radius 1 is 1.09 bits per heavy atom. The average Bonchev–Trinajstić information content (AvgIpc) is 3.01. The molecule has 0 saturated heterocycles. The van der Waals surface area contributed by atoms with E-state index in [4.69, 9.17) is 4.74 Å². The molecule has 0 unspecified atom stereocenters. The van der Waals surface area contributed by atoms with Crippen LogP contribution in [0.15, 0.2) is 47.4 Å². The van der Waals surface area contributed by atoms with Gasteiger partial charge in [-0.1, -0.05) is 18.2 Å². The number of fused-ring (bicyclic) bond motifs is 1. The van der Waals surface area contributed by atoms with Crippen LogP contribution in [0.1, 0.15) is 23.6 Å². The molecule has 0 aliphatic carbocycles. The molecule has 0 fully saturated rings. The molecule has 122 valence electrons. The van der Waals surface area contributed by atoms with Crippen molar-refractivity contribution in [3.63, 3.8) is 0 Å². The van der Waals surface area contributed by atoms with E-state index < -0.39 is 10.0 Å². The van der Waals surface area contributed by atoms with Gasteiger partial charge in [-0.15, -0.1) is 0 Å². The van der Waals surface area contributed by atoms with Gasteiger partial charge < -0.3 is 10.1 Å². The molecule has 6 heteroatoms. The first-order valence-electron chi connectivity index (χ1n) is 7.62. The van der Waals surface area contributed by atoms with E-state index in [1.54, 1.807) is 24.3 Å². The fourth-order valence-electron chi connectivity index (χ4n) is 2.60. The quantitative estimate of drug-likeness (QED) is 0.851. The van der Waals surface area contributed by atoms with Gasteiger partial charge in [0, 0.05) is 19.6 Å². The highest BCUT2D eigenvalue weighted by atomic mass is 32.2. The van der Waals surface area contributed by atoms with Gasteiger partial charge >= 0.3 is 0 Å². The topological polar surface area (TPSA) is 67.4 Å². The third kappa shape index (κ3) is 3.72. The molecule has 0 aromatic heterocycles. The van der Waals surface area contributed by atoms with E-state index in [2.05, 4.69) is 22.2 Å². The Kier molecular flexibility index (Phi) is 4.66. The van der Waals surface area contributed by atoms with Gasteiger partial charge in [0.1, 0.15) is 5.75 Å². The molecular weight excluding hydrogens is 312 g/mol. The van der Waals surface area contributed by atoms with Gasteiger partial charge in [-0.05, 0) is 47.9 Å². The van der Waals surface area contributed by atoms with Crippen molar-refractivity contribution in [2.24, 2.45) is 0 Å². The van der Waals surface area contributed by atoms with Crippen molar-refractivity contribution < 1.29 is 13.2 Å². The second kappa shape index (κ2) is 6.70. The Bertz CT molecular complexity index is 786. The van der Waals surface area contributed by atoms with E-state index in [1.807, 2.05) is 13.0 Å². The third-order valence-corrected chi connectivity index (χ3v) is 5.23. The Morgan fingerprint density at radius 2 is 1.83 bits per heavy atom. The number of rotatable bonds is 6. The van der Waals surface area contributed by atoms with Crippen LogP contribution in [0.25, 0.3) is 0 Å². The summed E-state index contributed by atoms with van der Waals surface area (Å²) in [6.07, 6.45) is 0. The van der Waals surface area contributed by atoms with E-state index in [-0.39, 0.29) is 11.4 Å². The highest BCUT2D eigenvalue weighted by molar-refractivity contribution is 7.89. The van der Waals surface area contributed by atoms with Crippen molar-refractivity contribution in [1.29, 1.82) is 0 Å².